The summed E-state index contributed by atoms with van der Waals surface area (Å²) in [6.07, 6.45) is 4.90. The van der Waals surface area contributed by atoms with Crippen molar-refractivity contribution in [1.82, 2.24) is 14.8 Å². The van der Waals surface area contributed by atoms with Gasteiger partial charge in [0.15, 0.2) is 4.77 Å². The van der Waals surface area contributed by atoms with Crippen LogP contribution in [-0.2, 0) is 6.54 Å². The van der Waals surface area contributed by atoms with Gasteiger partial charge in [-0.2, -0.15) is 0 Å². The molecule has 1 aromatic heterocycles. The fourth-order valence-corrected chi connectivity index (χ4v) is 3.48. The number of hydrogen-bond donors (Lipinski definition) is 1. The fraction of sp³-hybridized carbons (Fsp3) is 0.467. The zero-order chi connectivity index (χ0) is 14.8. The summed E-state index contributed by atoms with van der Waals surface area (Å²) in [4.78, 5) is 2.10. The summed E-state index contributed by atoms with van der Waals surface area (Å²) in [5.74, 6) is 0.895. The van der Waals surface area contributed by atoms with Gasteiger partial charge >= 0.3 is 0 Å². The van der Waals surface area contributed by atoms with Crippen LogP contribution in [-0.4, -0.2) is 21.8 Å². The highest BCUT2D eigenvalue weighted by atomic mass is 35.5. The number of anilines is 1. The third-order valence-corrected chi connectivity index (χ3v) is 4.74. The molecule has 1 heterocycles. The Hall–Kier alpha value is -1.33. The summed E-state index contributed by atoms with van der Waals surface area (Å²) in [5.41, 5.74) is 1.09. The topological polar surface area (TPSA) is 36.9 Å². The van der Waals surface area contributed by atoms with Gasteiger partial charge in [-0.05, 0) is 36.7 Å². The molecule has 0 amide bonds. The molecule has 3 rings (SSSR count). The summed E-state index contributed by atoms with van der Waals surface area (Å²) in [6.45, 7) is 0.714. The molecule has 0 unspecified atom stereocenters. The first-order chi connectivity index (χ1) is 10.2. The third-order valence-electron chi connectivity index (χ3n) is 4.08. The van der Waals surface area contributed by atoms with E-state index in [1.54, 1.807) is 0 Å². The normalized spacial score (nSPS) is 15.5. The highest BCUT2D eigenvalue weighted by Gasteiger charge is 2.23. The van der Waals surface area contributed by atoms with E-state index in [4.69, 9.17) is 23.8 Å². The molecule has 0 radical (unpaired) electrons. The monoisotopic (exact) mass is 322 g/mol. The maximum absolute atomic E-state index is 6.25. The average molecular weight is 323 g/mol. The molecule has 1 N–H and O–H groups in total. The Bertz CT molecular complexity index is 672. The number of H-pyrrole nitrogens is 1. The van der Waals surface area contributed by atoms with Crippen LogP contribution >= 0.6 is 23.8 Å². The molecule has 0 bridgehead atoms. The van der Waals surface area contributed by atoms with Crippen LogP contribution in [0.1, 0.15) is 37.3 Å². The predicted molar refractivity (Wildman–Crippen MR) is 88.5 cm³/mol. The number of hydrogen-bond acceptors (Lipinski definition) is 3. The van der Waals surface area contributed by atoms with Crippen molar-refractivity contribution in [1.29, 1.82) is 0 Å². The summed E-state index contributed by atoms with van der Waals surface area (Å²) in [7, 11) is 2.03. The van der Waals surface area contributed by atoms with Gasteiger partial charge in [0.2, 0.25) is 5.95 Å². The van der Waals surface area contributed by atoms with Crippen LogP contribution in [0.5, 0.6) is 0 Å². The first-order valence-electron chi connectivity index (χ1n) is 7.28. The number of aromatic nitrogens is 3. The number of aromatic amines is 1. The Morgan fingerprint density at radius 2 is 2.10 bits per heavy atom. The molecule has 0 saturated heterocycles. The van der Waals surface area contributed by atoms with Crippen LogP contribution < -0.4 is 4.90 Å². The van der Waals surface area contributed by atoms with Crippen molar-refractivity contribution in [2.45, 2.75) is 38.3 Å². The highest BCUT2D eigenvalue weighted by molar-refractivity contribution is 7.71. The lowest BCUT2D eigenvalue weighted by molar-refractivity contribution is 0.509. The second-order valence-corrected chi connectivity index (χ2v) is 6.38. The third kappa shape index (κ3) is 2.99. The van der Waals surface area contributed by atoms with Gasteiger partial charge in [0, 0.05) is 24.7 Å². The number of rotatable bonds is 4. The van der Waals surface area contributed by atoms with Crippen LogP contribution in [0.3, 0.4) is 0 Å². The van der Waals surface area contributed by atoms with Gasteiger partial charge in [-0.25, -0.2) is 5.10 Å². The van der Waals surface area contributed by atoms with E-state index in [2.05, 4.69) is 19.7 Å². The number of benzene rings is 1. The molecule has 21 heavy (non-hydrogen) atoms. The van der Waals surface area contributed by atoms with E-state index in [1.807, 2.05) is 31.3 Å². The van der Waals surface area contributed by atoms with Crippen LogP contribution in [0.15, 0.2) is 24.3 Å². The molecule has 4 nitrogen and oxygen atoms in total. The lowest BCUT2D eigenvalue weighted by atomic mass is 10.2. The average Bonchev–Trinajstić information content (AvgIpc) is 3.10. The van der Waals surface area contributed by atoms with Gasteiger partial charge in [-0.3, -0.25) is 4.57 Å². The largest absolute Gasteiger partial charge is 0.340 e. The van der Waals surface area contributed by atoms with E-state index in [-0.39, 0.29) is 0 Å². The van der Waals surface area contributed by atoms with Gasteiger partial charge in [0.1, 0.15) is 0 Å². The Kier molecular flexibility index (Phi) is 4.31. The van der Waals surface area contributed by atoms with E-state index < -0.39 is 0 Å². The standard InChI is InChI=1S/C15H19ClN4S/c1-19(10-11-6-2-5-9-13(11)16)14-17-18-15(21)20(14)12-7-3-4-8-12/h2,5-6,9,12H,3-4,7-8,10H2,1H3,(H,18,21). The molecule has 6 heteroatoms. The van der Waals surface area contributed by atoms with Crippen LogP contribution in [0.4, 0.5) is 5.95 Å². The Labute approximate surface area is 134 Å². The second-order valence-electron chi connectivity index (χ2n) is 5.58. The zero-order valence-electron chi connectivity index (χ0n) is 12.1. The van der Waals surface area contributed by atoms with Crippen molar-refractivity contribution >= 4 is 29.8 Å². The number of nitrogens with zero attached hydrogens (tertiary/aromatic N) is 3. The van der Waals surface area contributed by atoms with Crippen molar-refractivity contribution in [3.8, 4) is 0 Å². The summed E-state index contributed by atoms with van der Waals surface area (Å²) in [5, 5.41) is 8.13. The quantitative estimate of drug-likeness (QED) is 0.850. The number of halogens is 1. The molecule has 1 saturated carbocycles. The fourth-order valence-electron chi connectivity index (χ4n) is 3.01. The Morgan fingerprint density at radius 3 is 2.81 bits per heavy atom. The van der Waals surface area contributed by atoms with E-state index in [9.17, 15) is 0 Å². The molecular weight excluding hydrogens is 304 g/mol. The van der Waals surface area contributed by atoms with E-state index >= 15 is 0 Å². The van der Waals surface area contributed by atoms with Crippen molar-refractivity contribution in [2.24, 2.45) is 0 Å². The van der Waals surface area contributed by atoms with Gasteiger partial charge < -0.3 is 4.90 Å². The molecular formula is C15H19ClN4S. The van der Waals surface area contributed by atoms with E-state index in [0.29, 0.717) is 17.4 Å². The first-order valence-corrected chi connectivity index (χ1v) is 8.07. The van der Waals surface area contributed by atoms with Gasteiger partial charge in [-0.1, -0.05) is 42.6 Å². The maximum atomic E-state index is 6.25. The highest BCUT2D eigenvalue weighted by Crippen LogP contribution is 2.32. The summed E-state index contributed by atoms with van der Waals surface area (Å²) < 4.78 is 2.88. The molecule has 1 aliphatic carbocycles. The van der Waals surface area contributed by atoms with E-state index in [0.717, 1.165) is 16.5 Å². The minimum atomic E-state index is 0.472. The van der Waals surface area contributed by atoms with Gasteiger partial charge in [-0.15, -0.1) is 5.10 Å². The van der Waals surface area contributed by atoms with Gasteiger partial charge in [0.25, 0.3) is 0 Å². The SMILES string of the molecule is CN(Cc1ccccc1Cl)c1n[nH]c(=S)n1C1CCCC1. The van der Waals surface area contributed by atoms with Crippen molar-refractivity contribution in [3.63, 3.8) is 0 Å². The zero-order valence-corrected chi connectivity index (χ0v) is 13.6. The maximum Gasteiger partial charge on any atom is 0.226 e. The summed E-state index contributed by atoms with van der Waals surface area (Å²) >= 11 is 11.7. The molecule has 1 aromatic carbocycles. The molecule has 0 spiro atoms. The predicted octanol–water partition coefficient (Wildman–Crippen LogP) is 4.35. The molecule has 1 aliphatic rings. The van der Waals surface area contributed by atoms with Crippen molar-refractivity contribution < 1.29 is 0 Å². The Balaban J connectivity index is 1.86. The lowest BCUT2D eigenvalue weighted by Gasteiger charge is -2.22. The Morgan fingerprint density at radius 1 is 1.38 bits per heavy atom. The van der Waals surface area contributed by atoms with Crippen molar-refractivity contribution in [3.05, 3.63) is 39.6 Å². The van der Waals surface area contributed by atoms with Crippen LogP contribution in [0.2, 0.25) is 5.02 Å². The molecule has 0 atom stereocenters. The van der Waals surface area contributed by atoms with Crippen LogP contribution in [0.25, 0.3) is 0 Å². The lowest BCUT2D eigenvalue weighted by Crippen LogP contribution is -2.22. The molecule has 1 fully saturated rings. The summed E-state index contributed by atoms with van der Waals surface area (Å²) in [6, 6.07) is 8.38. The molecule has 0 aliphatic heterocycles. The van der Waals surface area contributed by atoms with Gasteiger partial charge in [0.05, 0.1) is 0 Å². The van der Waals surface area contributed by atoms with E-state index in [1.165, 1.54) is 25.7 Å². The molecule has 2 aromatic rings. The number of nitrogens with one attached hydrogen (secondary N) is 1. The molecule has 112 valence electrons. The first kappa shape index (κ1) is 14.6. The van der Waals surface area contributed by atoms with Crippen molar-refractivity contribution in [2.75, 3.05) is 11.9 Å². The van der Waals surface area contributed by atoms with Crippen LogP contribution in [0, 0.1) is 4.77 Å². The second kappa shape index (κ2) is 6.20. The smallest absolute Gasteiger partial charge is 0.226 e. The minimum absolute atomic E-state index is 0.472. The minimum Gasteiger partial charge on any atom is -0.340 e.